The second-order valence-electron chi connectivity index (χ2n) is 13.0. The maximum absolute atomic E-state index is 13.7. The van der Waals surface area contributed by atoms with Gasteiger partial charge in [0.15, 0.2) is 0 Å². The van der Waals surface area contributed by atoms with Gasteiger partial charge in [-0.3, -0.25) is 4.79 Å². The lowest BCUT2D eigenvalue weighted by Gasteiger charge is -2.35. The molecule has 2 amide bonds. The van der Waals surface area contributed by atoms with Gasteiger partial charge in [-0.25, -0.2) is 14.5 Å². The molecule has 10 heteroatoms. The molecule has 1 saturated heterocycles. The molecule has 3 aliphatic heterocycles. The number of ether oxygens (including phenoxy) is 2. The number of alkyl carbamates (subject to hydrolysis) is 1. The Morgan fingerprint density at radius 2 is 1.85 bits per heavy atom. The quantitative estimate of drug-likeness (QED) is 0.491. The van der Waals surface area contributed by atoms with E-state index >= 15 is 0 Å². The molecule has 0 radical (unpaired) electrons. The fourth-order valence-electron chi connectivity index (χ4n) is 5.77. The molecule has 1 aromatic rings. The number of aliphatic hydroxyl groups is 1. The number of benzene rings is 1. The van der Waals surface area contributed by atoms with Gasteiger partial charge >= 0.3 is 12.1 Å². The second-order valence-corrected chi connectivity index (χ2v) is 13.0. The zero-order valence-electron chi connectivity index (χ0n) is 23.7. The lowest BCUT2D eigenvalue weighted by atomic mass is 9.85. The van der Waals surface area contributed by atoms with E-state index in [2.05, 4.69) is 31.3 Å². The number of carboxylic acid groups (broad SMARTS) is 1. The summed E-state index contributed by atoms with van der Waals surface area (Å²) in [5.74, 6) is -1.67. The Morgan fingerprint density at radius 1 is 1.13 bits per heavy atom. The largest absolute Gasteiger partial charge is 0.480 e. The van der Waals surface area contributed by atoms with Crippen molar-refractivity contribution in [1.82, 2.24) is 15.1 Å². The van der Waals surface area contributed by atoms with Gasteiger partial charge in [-0.2, -0.15) is 0 Å². The van der Waals surface area contributed by atoms with Crippen molar-refractivity contribution in [1.29, 1.82) is 0 Å². The Bertz CT molecular complexity index is 1080. The van der Waals surface area contributed by atoms with Crippen LogP contribution in [0.1, 0.15) is 77.0 Å². The van der Waals surface area contributed by atoms with Crippen molar-refractivity contribution in [2.24, 2.45) is 10.8 Å². The summed E-state index contributed by atoms with van der Waals surface area (Å²) in [5.41, 5.74) is 2.66. The number of aliphatic carboxylic acids is 1. The summed E-state index contributed by atoms with van der Waals surface area (Å²) in [6, 6.07) is 4.10. The monoisotopic (exact) mass is 545 g/mol. The average Bonchev–Trinajstić information content (AvgIpc) is 3.47. The Hall–Kier alpha value is -2.69. The van der Waals surface area contributed by atoms with Crippen molar-refractivity contribution in [2.45, 2.75) is 104 Å². The smallest absolute Gasteiger partial charge is 0.407 e. The number of nitrogens with one attached hydrogen (secondary N) is 1. The summed E-state index contributed by atoms with van der Waals surface area (Å²) in [5, 5.41) is 23.6. The van der Waals surface area contributed by atoms with Gasteiger partial charge in [-0.15, -0.1) is 0 Å². The molecule has 3 aliphatic rings. The van der Waals surface area contributed by atoms with Crippen LogP contribution < -0.4 is 5.32 Å². The Kier molecular flexibility index (Phi) is 8.58. The van der Waals surface area contributed by atoms with E-state index in [9.17, 15) is 24.6 Å². The number of carbonyl (C=O) groups is 3. The molecule has 0 aromatic heterocycles. The Labute approximate surface area is 230 Å². The SMILES string of the molecule is CC1(C)CCCCc2cccc3c2CN(C3)C(O)OC2CC(C(=O)O)N(C2)C(=O)C(C(C)(C)C)NC(=O)OC1. The van der Waals surface area contributed by atoms with E-state index in [0.29, 0.717) is 13.1 Å². The summed E-state index contributed by atoms with van der Waals surface area (Å²) in [7, 11) is 0. The number of amides is 2. The molecule has 4 rings (SSSR count). The molecule has 0 aliphatic carbocycles. The Morgan fingerprint density at radius 3 is 2.54 bits per heavy atom. The fourth-order valence-corrected chi connectivity index (χ4v) is 5.77. The third-order valence-electron chi connectivity index (χ3n) is 8.08. The van der Waals surface area contributed by atoms with E-state index in [1.165, 1.54) is 16.0 Å². The molecular weight excluding hydrogens is 502 g/mol. The maximum Gasteiger partial charge on any atom is 0.407 e. The first kappa shape index (κ1) is 29.3. The van der Waals surface area contributed by atoms with E-state index < -0.39 is 48.0 Å². The molecule has 0 spiro atoms. The molecule has 3 N–H and O–H groups in total. The normalized spacial score (nSPS) is 30.4. The van der Waals surface area contributed by atoms with Crippen molar-refractivity contribution in [3.63, 3.8) is 0 Å². The summed E-state index contributed by atoms with van der Waals surface area (Å²) in [4.78, 5) is 41.7. The van der Waals surface area contributed by atoms with E-state index in [1.807, 2.05) is 11.0 Å². The standard InChI is InChI=1S/C29H43N3O7/c1-28(2,3)23-24(33)32-15-20(13-22(32)25(34)35)39-27(37)31-14-19-11-8-10-18(21(19)16-31)9-6-7-12-29(4,5)17-38-26(36)30-23/h8,10-11,20,22-23,27,37H,6-7,9,12-17H2,1-5H3,(H,30,36)(H,34,35). The number of rotatable bonds is 1. The van der Waals surface area contributed by atoms with Gasteiger partial charge in [0.1, 0.15) is 12.1 Å². The van der Waals surface area contributed by atoms with Crippen LogP contribution in [0.2, 0.25) is 0 Å². The summed E-state index contributed by atoms with van der Waals surface area (Å²) >= 11 is 0. The van der Waals surface area contributed by atoms with Crippen LogP contribution in [0.15, 0.2) is 18.2 Å². The van der Waals surface area contributed by atoms with Gasteiger partial charge < -0.3 is 29.9 Å². The highest BCUT2D eigenvalue weighted by Crippen LogP contribution is 2.32. The molecular formula is C29H43N3O7. The minimum Gasteiger partial charge on any atom is -0.480 e. The fraction of sp³-hybridized carbons (Fsp3) is 0.690. The number of aryl methyl sites for hydroxylation is 1. The molecule has 39 heavy (non-hydrogen) atoms. The van der Waals surface area contributed by atoms with Gasteiger partial charge in [-0.1, -0.05) is 59.2 Å². The van der Waals surface area contributed by atoms with E-state index in [-0.39, 0.29) is 25.0 Å². The number of carboxylic acids is 1. The van der Waals surface area contributed by atoms with Crippen LogP contribution in [-0.4, -0.2) is 75.7 Å². The van der Waals surface area contributed by atoms with Crippen molar-refractivity contribution >= 4 is 18.0 Å². The minimum atomic E-state index is -1.24. The van der Waals surface area contributed by atoms with E-state index in [4.69, 9.17) is 9.47 Å². The number of carbonyl (C=O) groups excluding carboxylic acids is 2. The molecule has 1 aromatic carbocycles. The van der Waals surface area contributed by atoms with E-state index in [0.717, 1.165) is 31.2 Å². The first-order valence-electron chi connectivity index (χ1n) is 13.9. The predicted octanol–water partition coefficient (Wildman–Crippen LogP) is 3.24. The highest BCUT2D eigenvalue weighted by molar-refractivity contribution is 5.90. The third kappa shape index (κ3) is 6.91. The molecule has 1 fully saturated rings. The third-order valence-corrected chi connectivity index (χ3v) is 8.08. The lowest BCUT2D eigenvalue weighted by molar-refractivity contribution is -0.218. The van der Waals surface area contributed by atoms with Crippen LogP contribution in [0.4, 0.5) is 4.79 Å². The number of aliphatic hydroxyl groups excluding tert-OH is 1. The van der Waals surface area contributed by atoms with Crippen molar-refractivity contribution in [3.8, 4) is 0 Å². The van der Waals surface area contributed by atoms with Crippen LogP contribution in [0.25, 0.3) is 0 Å². The van der Waals surface area contributed by atoms with Crippen molar-refractivity contribution in [2.75, 3.05) is 13.2 Å². The molecule has 10 nitrogen and oxygen atoms in total. The Balaban J connectivity index is 1.60. The first-order chi connectivity index (χ1) is 18.2. The number of hydrogen-bond donors (Lipinski definition) is 3. The molecule has 0 saturated carbocycles. The molecule has 5 unspecified atom stereocenters. The summed E-state index contributed by atoms with van der Waals surface area (Å²) < 4.78 is 11.5. The first-order valence-corrected chi connectivity index (χ1v) is 13.9. The van der Waals surface area contributed by atoms with Crippen LogP contribution in [-0.2, 0) is 38.6 Å². The lowest BCUT2D eigenvalue weighted by Crippen LogP contribution is -2.57. The topological polar surface area (TPSA) is 129 Å². The number of nitrogens with zero attached hydrogens (tertiary/aromatic N) is 2. The van der Waals surface area contributed by atoms with Crippen LogP contribution in [0.5, 0.6) is 0 Å². The average molecular weight is 546 g/mol. The van der Waals surface area contributed by atoms with Crippen LogP contribution in [0.3, 0.4) is 0 Å². The second kappa shape index (κ2) is 11.4. The van der Waals surface area contributed by atoms with Crippen LogP contribution >= 0.6 is 0 Å². The predicted molar refractivity (Wildman–Crippen MR) is 143 cm³/mol. The van der Waals surface area contributed by atoms with Crippen molar-refractivity contribution < 1.29 is 34.1 Å². The molecule has 3 heterocycles. The van der Waals surface area contributed by atoms with Gasteiger partial charge in [0.2, 0.25) is 12.3 Å². The summed E-state index contributed by atoms with van der Waals surface area (Å²) in [6.45, 7) is 10.8. The summed E-state index contributed by atoms with van der Waals surface area (Å²) in [6.07, 6.45) is 1.16. The number of hydrogen-bond acceptors (Lipinski definition) is 7. The highest BCUT2D eigenvalue weighted by atomic mass is 16.6. The molecule has 4 bridgehead atoms. The van der Waals surface area contributed by atoms with Gasteiger partial charge in [0, 0.05) is 26.1 Å². The number of fused-ring (bicyclic) bond motifs is 3. The molecule has 216 valence electrons. The zero-order chi connectivity index (χ0) is 28.5. The highest BCUT2D eigenvalue weighted by Gasteiger charge is 2.46. The van der Waals surface area contributed by atoms with Gasteiger partial charge in [0.05, 0.1) is 12.7 Å². The zero-order valence-corrected chi connectivity index (χ0v) is 23.7. The van der Waals surface area contributed by atoms with Crippen LogP contribution in [0, 0.1) is 10.8 Å². The van der Waals surface area contributed by atoms with Gasteiger partial charge in [-0.05, 0) is 46.8 Å². The van der Waals surface area contributed by atoms with E-state index in [1.54, 1.807) is 20.8 Å². The number of cyclic esters (lactones) is 1. The van der Waals surface area contributed by atoms with Crippen molar-refractivity contribution in [3.05, 3.63) is 34.9 Å². The minimum absolute atomic E-state index is 0.00473. The maximum atomic E-state index is 13.7. The van der Waals surface area contributed by atoms with Gasteiger partial charge in [0.25, 0.3) is 0 Å². The molecule has 5 atom stereocenters.